The van der Waals surface area contributed by atoms with Crippen LogP contribution in [0.4, 0.5) is 0 Å². The van der Waals surface area contributed by atoms with E-state index in [0.717, 1.165) is 10.9 Å². The first-order valence-electron chi connectivity index (χ1n) is 10.6. The first-order valence-corrected chi connectivity index (χ1v) is 10.6. The molecule has 1 fully saturated rings. The van der Waals surface area contributed by atoms with Crippen LogP contribution in [0.15, 0.2) is 72.8 Å². The van der Waals surface area contributed by atoms with Gasteiger partial charge in [0, 0.05) is 30.5 Å². The summed E-state index contributed by atoms with van der Waals surface area (Å²) in [6.07, 6.45) is 4.44. The number of piperidine rings is 1. The third kappa shape index (κ3) is 5.18. The molecule has 0 aliphatic carbocycles. The molecule has 0 radical (unpaired) electrons. The summed E-state index contributed by atoms with van der Waals surface area (Å²) in [6.45, 7) is 0.993. The highest BCUT2D eigenvalue weighted by atomic mass is 16.2. The number of hydrazine groups is 1. The predicted molar refractivity (Wildman–Crippen MR) is 122 cm³/mol. The Morgan fingerprint density at radius 1 is 0.875 bits per heavy atom. The van der Waals surface area contributed by atoms with Crippen molar-refractivity contribution in [3.05, 3.63) is 84.1 Å². The Balaban J connectivity index is 1.24. The molecule has 3 aromatic rings. The van der Waals surface area contributed by atoms with E-state index in [0.29, 0.717) is 31.4 Å². The lowest BCUT2D eigenvalue weighted by atomic mass is 9.96. The number of benzene rings is 2. The Kier molecular flexibility index (Phi) is 6.55. The van der Waals surface area contributed by atoms with Crippen molar-refractivity contribution in [1.82, 2.24) is 20.7 Å². The van der Waals surface area contributed by atoms with Crippen LogP contribution in [0, 0.1) is 5.92 Å². The fourth-order valence-electron chi connectivity index (χ4n) is 3.68. The second-order valence-electron chi connectivity index (χ2n) is 7.68. The van der Waals surface area contributed by atoms with E-state index in [9.17, 15) is 14.4 Å². The van der Waals surface area contributed by atoms with Crippen LogP contribution in [0.1, 0.15) is 28.9 Å². The van der Waals surface area contributed by atoms with Gasteiger partial charge in [-0.05, 0) is 36.6 Å². The lowest BCUT2D eigenvalue weighted by molar-refractivity contribution is -0.132. The van der Waals surface area contributed by atoms with Crippen LogP contribution in [-0.2, 0) is 9.59 Å². The minimum Gasteiger partial charge on any atom is -0.339 e. The highest BCUT2D eigenvalue weighted by Gasteiger charge is 2.27. The molecule has 0 atom stereocenters. The highest BCUT2D eigenvalue weighted by Crippen LogP contribution is 2.18. The van der Waals surface area contributed by atoms with Crippen molar-refractivity contribution in [3.63, 3.8) is 0 Å². The second-order valence-corrected chi connectivity index (χ2v) is 7.68. The highest BCUT2D eigenvalue weighted by molar-refractivity contribution is 5.96. The molecule has 2 heterocycles. The van der Waals surface area contributed by atoms with Gasteiger partial charge in [-0.25, -0.2) is 4.98 Å². The normalized spacial score (nSPS) is 14.4. The van der Waals surface area contributed by atoms with Gasteiger partial charge in [0.05, 0.1) is 5.52 Å². The van der Waals surface area contributed by atoms with Gasteiger partial charge >= 0.3 is 0 Å². The monoisotopic (exact) mass is 428 g/mol. The number of nitrogens with zero attached hydrogens (tertiary/aromatic N) is 2. The van der Waals surface area contributed by atoms with E-state index in [1.807, 2.05) is 60.7 Å². The number of hydrogen-bond donors (Lipinski definition) is 2. The summed E-state index contributed by atoms with van der Waals surface area (Å²) in [6, 6.07) is 20.6. The van der Waals surface area contributed by atoms with E-state index in [4.69, 9.17) is 0 Å². The van der Waals surface area contributed by atoms with Crippen LogP contribution < -0.4 is 10.9 Å². The number of likely N-dealkylation sites (tertiary alicyclic amines) is 1. The van der Waals surface area contributed by atoms with E-state index in [1.165, 1.54) is 0 Å². The first kappa shape index (κ1) is 21.2. The number of carbonyl (C=O) groups excluding carboxylic acids is 3. The SMILES string of the molecule is O=C(NNC(=O)C1CCN(C(=O)/C=C/c2ccccc2)CC1)c1ccc2ccccc2n1. The first-order chi connectivity index (χ1) is 15.6. The fraction of sp³-hybridized carbons (Fsp3) is 0.200. The molecule has 0 unspecified atom stereocenters. The number of pyridine rings is 1. The number of amides is 3. The number of nitrogens with one attached hydrogen (secondary N) is 2. The molecule has 1 aliphatic rings. The van der Waals surface area contributed by atoms with Crippen molar-refractivity contribution in [1.29, 1.82) is 0 Å². The second kappa shape index (κ2) is 9.87. The van der Waals surface area contributed by atoms with Crippen molar-refractivity contribution >= 4 is 34.7 Å². The molecule has 0 spiro atoms. The van der Waals surface area contributed by atoms with Crippen LogP contribution in [0.2, 0.25) is 0 Å². The van der Waals surface area contributed by atoms with Crippen LogP contribution in [-0.4, -0.2) is 40.7 Å². The van der Waals surface area contributed by atoms with E-state index in [-0.39, 0.29) is 23.4 Å². The summed E-state index contributed by atoms with van der Waals surface area (Å²) < 4.78 is 0. The Hall–Kier alpha value is -4.00. The summed E-state index contributed by atoms with van der Waals surface area (Å²) in [5, 5.41) is 0.938. The zero-order valence-corrected chi connectivity index (χ0v) is 17.5. The molecule has 0 saturated carbocycles. The molecular weight excluding hydrogens is 404 g/mol. The number of aromatic nitrogens is 1. The maximum absolute atomic E-state index is 12.5. The molecule has 1 aliphatic heterocycles. The van der Waals surface area contributed by atoms with Crippen molar-refractivity contribution in [2.75, 3.05) is 13.1 Å². The third-order valence-corrected chi connectivity index (χ3v) is 5.53. The molecule has 32 heavy (non-hydrogen) atoms. The molecule has 4 rings (SSSR count). The van der Waals surface area contributed by atoms with Gasteiger partial charge in [0.1, 0.15) is 5.69 Å². The van der Waals surface area contributed by atoms with Crippen LogP contribution >= 0.6 is 0 Å². The zero-order chi connectivity index (χ0) is 22.3. The van der Waals surface area contributed by atoms with Gasteiger partial charge in [-0.3, -0.25) is 25.2 Å². The Bertz CT molecular complexity index is 1150. The van der Waals surface area contributed by atoms with E-state index < -0.39 is 5.91 Å². The van der Waals surface area contributed by atoms with Gasteiger partial charge in [-0.2, -0.15) is 0 Å². The Morgan fingerprint density at radius 2 is 1.59 bits per heavy atom. The third-order valence-electron chi connectivity index (χ3n) is 5.53. The average molecular weight is 428 g/mol. The van der Waals surface area contributed by atoms with Crippen molar-refractivity contribution in [2.45, 2.75) is 12.8 Å². The number of fused-ring (bicyclic) bond motifs is 1. The Morgan fingerprint density at radius 3 is 2.38 bits per heavy atom. The predicted octanol–water partition coefficient (Wildman–Crippen LogP) is 2.95. The quantitative estimate of drug-likeness (QED) is 0.494. The lowest BCUT2D eigenvalue weighted by Gasteiger charge is -2.30. The largest absolute Gasteiger partial charge is 0.339 e. The summed E-state index contributed by atoms with van der Waals surface area (Å²) in [7, 11) is 0. The summed E-state index contributed by atoms with van der Waals surface area (Å²) in [4.78, 5) is 43.3. The van der Waals surface area contributed by atoms with Gasteiger partial charge in [-0.15, -0.1) is 0 Å². The molecule has 1 saturated heterocycles. The molecule has 7 nitrogen and oxygen atoms in total. The van der Waals surface area contributed by atoms with Crippen LogP contribution in [0.25, 0.3) is 17.0 Å². The van der Waals surface area contributed by atoms with Crippen molar-refractivity contribution in [2.24, 2.45) is 5.92 Å². The molecule has 7 heteroatoms. The van der Waals surface area contributed by atoms with Gasteiger partial charge < -0.3 is 4.90 Å². The van der Waals surface area contributed by atoms with Crippen LogP contribution in [0.3, 0.4) is 0 Å². The fourth-order valence-corrected chi connectivity index (χ4v) is 3.68. The van der Waals surface area contributed by atoms with Gasteiger partial charge in [0.25, 0.3) is 5.91 Å². The maximum atomic E-state index is 12.5. The standard InChI is InChI=1S/C25H24N4O3/c30-23(13-10-18-6-2-1-3-7-18)29-16-14-20(15-17-29)24(31)27-28-25(32)22-12-11-19-8-4-5-9-21(19)26-22/h1-13,20H,14-17H2,(H,27,31)(H,28,32)/b13-10+. The molecule has 2 aromatic carbocycles. The van der Waals surface area contributed by atoms with Crippen LogP contribution in [0.5, 0.6) is 0 Å². The molecule has 3 amide bonds. The average Bonchev–Trinajstić information content (AvgIpc) is 2.86. The number of carbonyl (C=O) groups is 3. The van der Waals surface area contributed by atoms with E-state index >= 15 is 0 Å². The van der Waals surface area contributed by atoms with E-state index in [1.54, 1.807) is 23.1 Å². The van der Waals surface area contributed by atoms with Crippen molar-refractivity contribution < 1.29 is 14.4 Å². The summed E-state index contributed by atoms with van der Waals surface area (Å²) >= 11 is 0. The summed E-state index contributed by atoms with van der Waals surface area (Å²) in [5.74, 6) is -1.06. The molecule has 0 bridgehead atoms. The minimum atomic E-state index is -0.470. The Labute approximate surface area is 186 Å². The molecule has 1 aromatic heterocycles. The molecular formula is C25H24N4O3. The smallest absolute Gasteiger partial charge is 0.288 e. The number of hydrogen-bond acceptors (Lipinski definition) is 4. The minimum absolute atomic E-state index is 0.0663. The molecule has 162 valence electrons. The number of rotatable bonds is 4. The van der Waals surface area contributed by atoms with Gasteiger partial charge in [-0.1, -0.05) is 54.6 Å². The van der Waals surface area contributed by atoms with Gasteiger partial charge in [0.2, 0.25) is 11.8 Å². The molecule has 2 N–H and O–H groups in total. The topological polar surface area (TPSA) is 91.4 Å². The summed E-state index contributed by atoms with van der Waals surface area (Å²) in [5.41, 5.74) is 6.84. The number of para-hydroxylation sites is 1. The van der Waals surface area contributed by atoms with E-state index in [2.05, 4.69) is 15.8 Å². The van der Waals surface area contributed by atoms with Crippen molar-refractivity contribution in [3.8, 4) is 0 Å². The zero-order valence-electron chi connectivity index (χ0n) is 17.5. The lowest BCUT2D eigenvalue weighted by Crippen LogP contribution is -2.48. The maximum Gasteiger partial charge on any atom is 0.288 e. The van der Waals surface area contributed by atoms with Gasteiger partial charge in [0.15, 0.2) is 0 Å².